The van der Waals surface area contributed by atoms with E-state index in [1.165, 1.54) is 32.1 Å². The van der Waals surface area contributed by atoms with Crippen LogP contribution < -0.4 is 4.74 Å². The summed E-state index contributed by atoms with van der Waals surface area (Å²) in [6.45, 7) is 3.03. The lowest BCUT2D eigenvalue weighted by atomic mass is 10.1. The molecule has 3 nitrogen and oxygen atoms in total. The molecule has 1 aromatic heterocycles. The van der Waals surface area contributed by atoms with Crippen molar-refractivity contribution in [3.05, 3.63) is 51.4 Å². The molecule has 2 aromatic carbocycles. The van der Waals surface area contributed by atoms with Gasteiger partial charge in [-0.1, -0.05) is 82.2 Å². The van der Waals surface area contributed by atoms with Gasteiger partial charge in [0.15, 0.2) is 0 Å². The Labute approximate surface area is 187 Å². The number of aromatic nitrogens is 2. The summed E-state index contributed by atoms with van der Waals surface area (Å²) in [7, 11) is 0. The number of rotatable bonds is 10. The highest BCUT2D eigenvalue weighted by Gasteiger charge is 2.12. The van der Waals surface area contributed by atoms with Gasteiger partial charge in [-0.2, -0.15) is 0 Å². The van der Waals surface area contributed by atoms with Gasteiger partial charge in [-0.25, -0.2) is 0 Å². The summed E-state index contributed by atoms with van der Waals surface area (Å²) in [5.74, 6) is 0.914. The Kier molecular flexibility index (Phi) is 8.49. The fourth-order valence-electron chi connectivity index (χ4n) is 2.88. The average Bonchev–Trinajstić information content (AvgIpc) is 3.19. The van der Waals surface area contributed by atoms with E-state index in [1.807, 2.05) is 30.3 Å². The lowest BCUT2D eigenvalue weighted by Crippen LogP contribution is -1.97. The van der Waals surface area contributed by atoms with E-state index in [1.54, 1.807) is 11.3 Å². The summed E-state index contributed by atoms with van der Waals surface area (Å²) in [4.78, 5) is 0. The lowest BCUT2D eigenvalue weighted by Gasteiger charge is -2.06. The largest absolute Gasteiger partial charge is 0.494 e. The maximum Gasteiger partial charge on any atom is 0.149 e. The van der Waals surface area contributed by atoms with Crippen LogP contribution in [0.2, 0.25) is 0 Å². The van der Waals surface area contributed by atoms with Gasteiger partial charge in [-0.15, -0.1) is 10.2 Å². The molecule has 0 unspecified atom stereocenters. The third kappa shape index (κ3) is 6.13. The fraction of sp³-hybridized carbons (Fsp3) is 0.364. The molecule has 1 heterocycles. The highest BCUT2D eigenvalue weighted by molar-refractivity contribution is 9.11. The van der Waals surface area contributed by atoms with E-state index in [0.717, 1.165) is 48.9 Å². The molecule has 3 aromatic rings. The van der Waals surface area contributed by atoms with Crippen molar-refractivity contribution in [3.8, 4) is 26.9 Å². The Balaban J connectivity index is 1.55. The number of hydrogen-bond acceptors (Lipinski definition) is 4. The molecular formula is C22H24Br2N2OS. The molecule has 0 aliphatic carbocycles. The summed E-state index contributed by atoms with van der Waals surface area (Å²) in [6.07, 6.45) is 7.64. The Hall–Kier alpha value is -1.24. The topological polar surface area (TPSA) is 35.0 Å². The minimum Gasteiger partial charge on any atom is -0.494 e. The smallest absolute Gasteiger partial charge is 0.149 e. The van der Waals surface area contributed by atoms with E-state index in [2.05, 4.69) is 61.1 Å². The number of hydrogen-bond donors (Lipinski definition) is 0. The SMILES string of the molecule is CCCCCCCCOc1ccc(-c2nnc(-c3cc(Br)ccc3Br)s2)cc1. The van der Waals surface area contributed by atoms with Crippen LogP contribution in [-0.2, 0) is 0 Å². The lowest BCUT2D eigenvalue weighted by molar-refractivity contribution is 0.304. The first-order valence-electron chi connectivity index (χ1n) is 9.69. The molecule has 0 spiro atoms. The molecule has 0 radical (unpaired) electrons. The minimum atomic E-state index is 0.783. The maximum absolute atomic E-state index is 5.86. The van der Waals surface area contributed by atoms with Gasteiger partial charge in [0.1, 0.15) is 15.8 Å². The van der Waals surface area contributed by atoms with Crippen LogP contribution in [0.1, 0.15) is 45.4 Å². The summed E-state index contributed by atoms with van der Waals surface area (Å²) in [6, 6.07) is 14.2. The van der Waals surface area contributed by atoms with Crippen LogP contribution >= 0.6 is 43.2 Å². The van der Waals surface area contributed by atoms with Crippen molar-refractivity contribution >= 4 is 43.2 Å². The first kappa shape index (κ1) is 21.5. The normalized spacial score (nSPS) is 11.0. The van der Waals surface area contributed by atoms with Crippen molar-refractivity contribution in [1.29, 1.82) is 0 Å². The summed E-state index contributed by atoms with van der Waals surface area (Å²) < 4.78 is 7.90. The molecule has 6 heteroatoms. The van der Waals surface area contributed by atoms with Gasteiger partial charge >= 0.3 is 0 Å². The number of halogens is 2. The van der Waals surface area contributed by atoms with Crippen LogP contribution in [0.15, 0.2) is 51.4 Å². The monoisotopic (exact) mass is 522 g/mol. The van der Waals surface area contributed by atoms with E-state index in [9.17, 15) is 0 Å². The van der Waals surface area contributed by atoms with Crippen molar-refractivity contribution in [1.82, 2.24) is 10.2 Å². The van der Waals surface area contributed by atoms with Crippen molar-refractivity contribution in [2.45, 2.75) is 45.4 Å². The molecule has 0 atom stereocenters. The first-order valence-corrected chi connectivity index (χ1v) is 12.1. The molecule has 0 aliphatic heterocycles. The van der Waals surface area contributed by atoms with E-state index >= 15 is 0 Å². The van der Waals surface area contributed by atoms with E-state index in [-0.39, 0.29) is 0 Å². The van der Waals surface area contributed by atoms with Gasteiger partial charge in [0, 0.05) is 20.1 Å². The Bertz CT molecular complexity index is 880. The van der Waals surface area contributed by atoms with Gasteiger partial charge in [0.25, 0.3) is 0 Å². The molecule has 148 valence electrons. The second kappa shape index (κ2) is 11.1. The number of ether oxygens (including phenoxy) is 1. The highest BCUT2D eigenvalue weighted by atomic mass is 79.9. The van der Waals surface area contributed by atoms with Crippen LogP contribution in [0.3, 0.4) is 0 Å². The minimum absolute atomic E-state index is 0.783. The standard InChI is InChI=1S/C22H24Br2N2OS/c1-2-3-4-5-6-7-14-27-18-11-8-16(9-12-18)21-25-26-22(28-21)19-15-17(23)10-13-20(19)24/h8-13,15H,2-7,14H2,1H3. The first-order chi connectivity index (χ1) is 13.7. The Morgan fingerprint density at radius 2 is 1.57 bits per heavy atom. The third-order valence-electron chi connectivity index (χ3n) is 4.45. The molecule has 0 bridgehead atoms. The predicted molar refractivity (Wildman–Crippen MR) is 125 cm³/mol. The Morgan fingerprint density at radius 1 is 0.857 bits per heavy atom. The summed E-state index contributed by atoms with van der Waals surface area (Å²) >= 11 is 8.69. The van der Waals surface area contributed by atoms with Crippen molar-refractivity contribution < 1.29 is 4.74 Å². The van der Waals surface area contributed by atoms with Crippen molar-refractivity contribution in [2.24, 2.45) is 0 Å². The predicted octanol–water partition coefficient (Wildman–Crippen LogP) is 8.14. The van der Waals surface area contributed by atoms with Crippen LogP contribution in [-0.4, -0.2) is 16.8 Å². The number of unbranched alkanes of at least 4 members (excludes halogenated alkanes) is 5. The van der Waals surface area contributed by atoms with Crippen LogP contribution in [0.4, 0.5) is 0 Å². The van der Waals surface area contributed by atoms with Gasteiger partial charge in [0.2, 0.25) is 0 Å². The number of benzene rings is 2. The fourth-order valence-corrected chi connectivity index (χ4v) is 4.68. The summed E-state index contributed by atoms with van der Waals surface area (Å²) in [5.41, 5.74) is 2.10. The molecule has 0 aliphatic rings. The highest BCUT2D eigenvalue weighted by Crippen LogP contribution is 2.35. The molecule has 0 N–H and O–H groups in total. The van der Waals surface area contributed by atoms with Crippen molar-refractivity contribution in [3.63, 3.8) is 0 Å². The average molecular weight is 524 g/mol. The van der Waals surface area contributed by atoms with Crippen LogP contribution in [0, 0.1) is 0 Å². The molecule has 0 fully saturated rings. The second-order valence-electron chi connectivity index (χ2n) is 6.68. The quantitative estimate of drug-likeness (QED) is 0.251. The molecule has 0 saturated heterocycles. The molecule has 0 saturated carbocycles. The van der Waals surface area contributed by atoms with Gasteiger partial charge in [-0.05, 0) is 48.9 Å². The van der Waals surface area contributed by atoms with E-state index < -0.39 is 0 Å². The zero-order valence-corrected chi connectivity index (χ0v) is 19.9. The van der Waals surface area contributed by atoms with Crippen LogP contribution in [0.5, 0.6) is 5.75 Å². The molecule has 0 amide bonds. The van der Waals surface area contributed by atoms with E-state index in [4.69, 9.17) is 4.74 Å². The Morgan fingerprint density at radius 3 is 2.36 bits per heavy atom. The van der Waals surface area contributed by atoms with Crippen molar-refractivity contribution in [2.75, 3.05) is 6.61 Å². The molecule has 28 heavy (non-hydrogen) atoms. The van der Waals surface area contributed by atoms with E-state index in [0.29, 0.717) is 0 Å². The van der Waals surface area contributed by atoms with Gasteiger partial charge < -0.3 is 4.74 Å². The molecular weight excluding hydrogens is 500 g/mol. The second-order valence-corrected chi connectivity index (χ2v) is 9.42. The third-order valence-corrected chi connectivity index (χ3v) is 6.64. The zero-order chi connectivity index (χ0) is 19.8. The summed E-state index contributed by atoms with van der Waals surface area (Å²) in [5, 5.41) is 10.5. The van der Waals surface area contributed by atoms with Gasteiger partial charge in [0.05, 0.1) is 6.61 Å². The number of nitrogens with zero attached hydrogens (tertiary/aromatic N) is 2. The zero-order valence-electron chi connectivity index (χ0n) is 16.0. The molecule has 3 rings (SSSR count). The maximum atomic E-state index is 5.86. The van der Waals surface area contributed by atoms with Gasteiger partial charge in [-0.3, -0.25) is 0 Å². The van der Waals surface area contributed by atoms with Crippen LogP contribution in [0.25, 0.3) is 21.1 Å².